The summed E-state index contributed by atoms with van der Waals surface area (Å²) in [5.74, 6) is -2.51. The van der Waals surface area contributed by atoms with Gasteiger partial charge in [-0.2, -0.15) is 0 Å². The van der Waals surface area contributed by atoms with E-state index in [4.69, 9.17) is 10.2 Å². The van der Waals surface area contributed by atoms with Crippen molar-refractivity contribution in [2.45, 2.75) is 26.8 Å². The van der Waals surface area contributed by atoms with E-state index in [0.717, 1.165) is 6.54 Å². The van der Waals surface area contributed by atoms with Crippen LogP contribution in [0.1, 0.15) is 25.8 Å². The molecule has 0 amide bonds. The van der Waals surface area contributed by atoms with Crippen LogP contribution in [0.2, 0.25) is 0 Å². The fourth-order valence-corrected chi connectivity index (χ4v) is 4.28. The Morgan fingerprint density at radius 3 is 2.00 bits per heavy atom. The summed E-state index contributed by atoms with van der Waals surface area (Å²) in [5.41, 5.74) is 2.36. The van der Waals surface area contributed by atoms with E-state index >= 15 is 0 Å². The Kier molecular flexibility index (Phi) is 6.56. The van der Waals surface area contributed by atoms with E-state index < -0.39 is 11.9 Å². The van der Waals surface area contributed by atoms with Gasteiger partial charge in [-0.25, -0.2) is 9.59 Å². The Morgan fingerprint density at radius 1 is 1.04 bits per heavy atom. The van der Waals surface area contributed by atoms with Gasteiger partial charge in [0.15, 0.2) is 0 Å². The number of nitrogens with zero attached hydrogens (tertiary/aromatic N) is 1. The first-order chi connectivity index (χ1) is 12.2. The maximum atomic E-state index is 9.55. The summed E-state index contributed by atoms with van der Waals surface area (Å²) >= 11 is 0. The Hall–Kier alpha value is -2.18. The van der Waals surface area contributed by atoms with Crippen LogP contribution in [0.25, 0.3) is 0 Å². The number of nitrogens with one attached hydrogen (secondary N) is 1. The molecule has 2 heterocycles. The van der Waals surface area contributed by atoms with Crippen molar-refractivity contribution in [3.05, 3.63) is 48.0 Å². The van der Waals surface area contributed by atoms with Gasteiger partial charge in [-0.1, -0.05) is 44.2 Å². The normalized spacial score (nSPS) is 28.2. The van der Waals surface area contributed by atoms with Crippen LogP contribution in [0.15, 0.2) is 42.5 Å². The van der Waals surface area contributed by atoms with E-state index in [-0.39, 0.29) is 0 Å². The molecule has 2 atom stereocenters. The molecule has 0 aliphatic carbocycles. The molecule has 1 aromatic carbocycles. The number of fused-ring (bicyclic) bond motifs is 2. The molecule has 0 radical (unpaired) electrons. The molecule has 2 fully saturated rings. The zero-order chi connectivity index (χ0) is 19.2. The standard InChI is InChI=1S/C16H24N2.C4H4O4/c1-15-9-16(2,11-17-10-15)13-18(12-15)8-14-6-4-3-5-7-14;5-3(6)1-2-4(7)8/h3-7,17H,8-13H2,1-2H3;1-2H,(H,5,6)(H,7,8)/b;2-1+. The van der Waals surface area contributed by atoms with Crippen LogP contribution in [0, 0.1) is 10.8 Å². The number of likely N-dealkylation sites (tertiary alicyclic amines) is 1. The zero-order valence-corrected chi connectivity index (χ0v) is 15.4. The van der Waals surface area contributed by atoms with E-state index in [2.05, 4.69) is 54.4 Å². The predicted octanol–water partition coefficient (Wildman–Crippen LogP) is 2.22. The smallest absolute Gasteiger partial charge is 0.328 e. The molecule has 6 nitrogen and oxygen atoms in total. The van der Waals surface area contributed by atoms with Crippen molar-refractivity contribution in [2.24, 2.45) is 10.8 Å². The van der Waals surface area contributed by atoms with Crippen molar-refractivity contribution in [2.75, 3.05) is 26.2 Å². The molecule has 0 saturated carbocycles. The highest BCUT2D eigenvalue weighted by Crippen LogP contribution is 2.42. The minimum atomic E-state index is -1.26. The monoisotopic (exact) mass is 360 g/mol. The number of aliphatic carboxylic acids is 2. The summed E-state index contributed by atoms with van der Waals surface area (Å²) in [4.78, 5) is 21.8. The average Bonchev–Trinajstić information content (AvgIpc) is 2.52. The Balaban J connectivity index is 0.000000260. The van der Waals surface area contributed by atoms with Gasteiger partial charge >= 0.3 is 11.9 Å². The van der Waals surface area contributed by atoms with Crippen LogP contribution in [0.4, 0.5) is 0 Å². The molecule has 0 spiro atoms. The van der Waals surface area contributed by atoms with E-state index in [1.54, 1.807) is 0 Å². The first kappa shape index (κ1) is 20.1. The molecular formula is C20H28N2O4. The lowest BCUT2D eigenvalue weighted by Crippen LogP contribution is -2.60. The first-order valence-corrected chi connectivity index (χ1v) is 8.81. The third-order valence-electron chi connectivity index (χ3n) is 4.79. The fourth-order valence-electron chi connectivity index (χ4n) is 4.28. The molecule has 2 unspecified atom stereocenters. The molecule has 3 N–H and O–H groups in total. The second-order valence-electron chi connectivity index (χ2n) is 8.04. The minimum Gasteiger partial charge on any atom is -0.478 e. The van der Waals surface area contributed by atoms with E-state index in [1.165, 1.54) is 38.2 Å². The summed E-state index contributed by atoms with van der Waals surface area (Å²) in [5, 5.41) is 19.2. The number of carbonyl (C=O) groups is 2. The van der Waals surface area contributed by atoms with Crippen molar-refractivity contribution in [1.82, 2.24) is 10.2 Å². The summed E-state index contributed by atoms with van der Waals surface area (Å²) in [6.07, 6.45) is 2.49. The third kappa shape index (κ3) is 6.28. The molecule has 2 saturated heterocycles. The second-order valence-corrected chi connectivity index (χ2v) is 8.04. The van der Waals surface area contributed by atoms with E-state index in [1.807, 2.05) is 0 Å². The van der Waals surface area contributed by atoms with Crippen molar-refractivity contribution in [3.8, 4) is 0 Å². The molecule has 2 bridgehead atoms. The maximum Gasteiger partial charge on any atom is 0.328 e. The number of rotatable bonds is 4. The lowest BCUT2D eigenvalue weighted by molar-refractivity contribution is -0.134. The number of carboxylic acids is 2. The van der Waals surface area contributed by atoms with Crippen LogP contribution in [-0.4, -0.2) is 53.2 Å². The van der Waals surface area contributed by atoms with Gasteiger partial charge in [0.2, 0.25) is 0 Å². The van der Waals surface area contributed by atoms with Crippen LogP contribution < -0.4 is 5.32 Å². The van der Waals surface area contributed by atoms with Crippen LogP contribution >= 0.6 is 0 Å². The van der Waals surface area contributed by atoms with Crippen LogP contribution in [0.5, 0.6) is 0 Å². The Bertz CT molecular complexity index is 627. The molecule has 2 aliphatic heterocycles. The highest BCUT2D eigenvalue weighted by atomic mass is 16.4. The minimum absolute atomic E-state index is 0.458. The molecule has 3 rings (SSSR count). The van der Waals surface area contributed by atoms with Gasteiger partial charge in [-0.05, 0) is 22.8 Å². The molecule has 26 heavy (non-hydrogen) atoms. The summed E-state index contributed by atoms with van der Waals surface area (Å²) in [6, 6.07) is 10.9. The molecule has 6 heteroatoms. The highest BCUT2D eigenvalue weighted by Gasteiger charge is 2.45. The molecule has 142 valence electrons. The van der Waals surface area contributed by atoms with Gasteiger partial charge < -0.3 is 15.5 Å². The molecule has 1 aromatic rings. The largest absolute Gasteiger partial charge is 0.478 e. The van der Waals surface area contributed by atoms with Gasteiger partial charge in [-0.15, -0.1) is 0 Å². The fraction of sp³-hybridized carbons (Fsp3) is 0.500. The van der Waals surface area contributed by atoms with Gasteiger partial charge in [-0.3, -0.25) is 4.90 Å². The van der Waals surface area contributed by atoms with E-state index in [9.17, 15) is 9.59 Å². The van der Waals surface area contributed by atoms with E-state index in [0.29, 0.717) is 23.0 Å². The van der Waals surface area contributed by atoms with Crippen LogP contribution in [0.3, 0.4) is 0 Å². The van der Waals surface area contributed by atoms with Crippen molar-refractivity contribution < 1.29 is 19.8 Å². The Labute approximate surface area is 154 Å². The predicted molar refractivity (Wildman–Crippen MR) is 99.8 cm³/mol. The number of carboxylic acid groups (broad SMARTS) is 2. The summed E-state index contributed by atoms with van der Waals surface area (Å²) in [7, 11) is 0. The van der Waals surface area contributed by atoms with Gasteiger partial charge in [0.05, 0.1) is 0 Å². The number of hydrogen-bond donors (Lipinski definition) is 3. The zero-order valence-electron chi connectivity index (χ0n) is 15.4. The quantitative estimate of drug-likeness (QED) is 0.714. The van der Waals surface area contributed by atoms with Crippen molar-refractivity contribution >= 4 is 11.9 Å². The second kappa shape index (κ2) is 8.47. The van der Waals surface area contributed by atoms with Gasteiger partial charge in [0.1, 0.15) is 0 Å². The van der Waals surface area contributed by atoms with Gasteiger partial charge in [0.25, 0.3) is 0 Å². The lowest BCUT2D eigenvalue weighted by Gasteiger charge is -2.54. The summed E-state index contributed by atoms with van der Waals surface area (Å²) < 4.78 is 0. The molecule has 0 aromatic heterocycles. The SMILES string of the molecule is CC12CNCC(C)(CN(Cc3ccccc3)C1)C2.O=C(O)/C=C/C(=O)O. The first-order valence-electron chi connectivity index (χ1n) is 8.81. The van der Waals surface area contributed by atoms with Gasteiger partial charge in [0, 0.05) is 44.9 Å². The Morgan fingerprint density at radius 2 is 1.54 bits per heavy atom. The van der Waals surface area contributed by atoms with Crippen molar-refractivity contribution in [3.63, 3.8) is 0 Å². The molecule has 2 aliphatic rings. The number of piperidine rings is 2. The summed E-state index contributed by atoms with van der Waals surface area (Å²) in [6.45, 7) is 10.8. The topological polar surface area (TPSA) is 89.9 Å². The maximum absolute atomic E-state index is 9.55. The highest BCUT2D eigenvalue weighted by molar-refractivity contribution is 5.89. The molecular weight excluding hydrogens is 332 g/mol. The van der Waals surface area contributed by atoms with Crippen LogP contribution in [-0.2, 0) is 16.1 Å². The third-order valence-corrected chi connectivity index (χ3v) is 4.79. The van der Waals surface area contributed by atoms with Crippen molar-refractivity contribution in [1.29, 1.82) is 0 Å². The lowest BCUT2D eigenvalue weighted by atomic mass is 9.66. The average molecular weight is 360 g/mol. The number of benzene rings is 1. The number of hydrogen-bond acceptors (Lipinski definition) is 4.